The third-order valence-electron chi connectivity index (χ3n) is 2.40. The molecule has 0 spiro atoms. The van der Waals surface area contributed by atoms with Crippen molar-refractivity contribution >= 4 is 10.2 Å². The van der Waals surface area contributed by atoms with Gasteiger partial charge in [0.15, 0.2) is 0 Å². The van der Waals surface area contributed by atoms with Crippen molar-refractivity contribution in [2.24, 2.45) is 0 Å². The molecule has 0 saturated carbocycles. The first kappa shape index (κ1) is 13.4. The molecule has 0 aliphatic heterocycles. The molecular weight excluding hydrogens is 223 g/mol. The van der Waals surface area contributed by atoms with Crippen LogP contribution in [0.4, 0.5) is 0 Å². The van der Waals surface area contributed by atoms with Crippen LogP contribution in [0.15, 0.2) is 60.7 Å². The summed E-state index contributed by atoms with van der Waals surface area (Å²) in [5.74, 6) is 0. The van der Waals surface area contributed by atoms with Crippen LogP contribution in [0.5, 0.6) is 0 Å². The largest absolute Gasteiger partial charge is 1.00 e. The van der Waals surface area contributed by atoms with Crippen LogP contribution in [-0.2, 0) is 0 Å². The normalized spacial score (nSPS) is 9.73. The minimum absolute atomic E-state index is 0. The summed E-state index contributed by atoms with van der Waals surface area (Å²) in [6.45, 7) is 0. The predicted octanol–water partition coefficient (Wildman–Crippen LogP) is -0.587. The van der Waals surface area contributed by atoms with E-state index < -0.39 is 0 Å². The summed E-state index contributed by atoms with van der Waals surface area (Å²) in [4.78, 5) is 0. The Morgan fingerprint density at radius 1 is 0.667 bits per heavy atom. The third-order valence-corrected chi connectivity index (χ3v) is 3.35. The summed E-state index contributed by atoms with van der Waals surface area (Å²) in [5.41, 5.74) is 3.28. The fourth-order valence-electron chi connectivity index (χ4n) is 1.56. The quantitative estimate of drug-likeness (QED) is 0.612. The van der Waals surface area contributed by atoms with Crippen LogP contribution in [0.25, 0.3) is 0 Å². The van der Waals surface area contributed by atoms with Crippen molar-refractivity contribution in [2.75, 3.05) is 0 Å². The van der Waals surface area contributed by atoms with Crippen LogP contribution in [0.2, 0.25) is 0 Å². The van der Waals surface area contributed by atoms with Gasteiger partial charge in [-0.3, -0.25) is 10.2 Å². The van der Waals surface area contributed by atoms with E-state index in [4.69, 9.17) is 0 Å². The Bertz CT molecular complexity index is 346. The van der Waals surface area contributed by atoms with Gasteiger partial charge in [-0.25, -0.2) is 0 Å². The summed E-state index contributed by atoms with van der Waals surface area (Å²) in [7, 11) is 2.03. The third kappa shape index (κ3) is 3.66. The molecule has 0 bridgehead atoms. The van der Waals surface area contributed by atoms with Gasteiger partial charge in [0.1, 0.15) is 0 Å². The molecule has 0 fully saturated rings. The van der Waals surface area contributed by atoms with Crippen LogP contribution in [0.1, 0.15) is 16.7 Å². The zero-order valence-corrected chi connectivity index (χ0v) is 13.6. The van der Waals surface area contributed by atoms with Crippen molar-refractivity contribution in [2.45, 2.75) is 5.54 Å². The first-order valence-electron chi connectivity index (χ1n) is 4.81. The molecule has 2 rings (SSSR count). The van der Waals surface area contributed by atoms with Gasteiger partial charge in [0, 0.05) is 0 Å². The average Bonchev–Trinajstić information content (AvgIpc) is 2.30. The summed E-state index contributed by atoms with van der Waals surface area (Å²) in [6.07, 6.45) is 0. The van der Waals surface area contributed by atoms with E-state index in [1.54, 1.807) is 0 Å². The average molecular weight is 236 g/mol. The molecule has 0 atom stereocenters. The van der Waals surface area contributed by atoms with Crippen LogP contribution < -0.4 is 51.4 Å². The summed E-state index contributed by atoms with van der Waals surface area (Å²) in [5, 5.41) is 0. The maximum absolute atomic E-state index is 2.19. The number of hydrogen-bond donors (Lipinski definition) is 0. The van der Waals surface area contributed by atoms with Gasteiger partial charge in [-0.2, -0.15) is 0 Å². The Morgan fingerprint density at radius 3 is 1.33 bits per heavy atom. The molecule has 2 aromatic carbocycles. The van der Waals surface area contributed by atoms with Crippen molar-refractivity contribution < 1.29 is 51.4 Å². The van der Waals surface area contributed by atoms with E-state index in [-0.39, 0.29) is 51.4 Å². The first-order valence-corrected chi connectivity index (χ1v) is 5.62. The zero-order chi connectivity index (χ0) is 9.80. The SMILES string of the molecule is [K+].[SiH2-]C(c1ccccc1)c1ccccc1. The predicted molar refractivity (Wildman–Crippen MR) is 63.3 cm³/mol. The smallest absolute Gasteiger partial charge is 0.281 e. The second-order valence-corrected chi connectivity index (χ2v) is 4.19. The standard InChI is InChI=1S/C13H13Si.K/c14-13(11-7-3-1-4-8-11)12-9-5-2-6-10-12;/h1-10,13H,14H2;/q-1;+1. The van der Waals surface area contributed by atoms with E-state index in [1.165, 1.54) is 11.1 Å². The summed E-state index contributed by atoms with van der Waals surface area (Å²) in [6, 6.07) is 21.2. The van der Waals surface area contributed by atoms with Crippen LogP contribution in [-0.4, -0.2) is 10.2 Å². The Balaban J connectivity index is 0.00000112. The van der Waals surface area contributed by atoms with Crippen molar-refractivity contribution in [3.63, 3.8) is 0 Å². The molecule has 0 aliphatic rings. The van der Waals surface area contributed by atoms with Gasteiger partial charge < -0.3 is 0 Å². The Labute approximate surface area is 137 Å². The zero-order valence-electron chi connectivity index (χ0n) is 9.06. The van der Waals surface area contributed by atoms with E-state index in [1.807, 2.05) is 10.2 Å². The first-order chi connectivity index (χ1) is 6.88. The minimum atomic E-state index is 0. The second-order valence-electron chi connectivity index (χ2n) is 3.37. The monoisotopic (exact) mass is 236 g/mol. The van der Waals surface area contributed by atoms with Crippen LogP contribution in [0.3, 0.4) is 0 Å². The molecule has 0 saturated heterocycles. The molecule has 0 unspecified atom stereocenters. The molecule has 0 aromatic heterocycles. The second kappa shape index (κ2) is 6.79. The topological polar surface area (TPSA) is 0 Å². The molecule has 0 radical (unpaired) electrons. The van der Waals surface area contributed by atoms with E-state index in [9.17, 15) is 0 Å². The molecule has 0 amide bonds. The summed E-state index contributed by atoms with van der Waals surface area (Å²) >= 11 is 0. The van der Waals surface area contributed by atoms with Gasteiger partial charge >= 0.3 is 51.4 Å². The number of rotatable bonds is 2. The molecule has 0 heterocycles. The van der Waals surface area contributed by atoms with Gasteiger partial charge in [0.25, 0.3) is 0 Å². The molecular formula is C13H13KSi. The van der Waals surface area contributed by atoms with Gasteiger partial charge in [0.05, 0.1) is 0 Å². The van der Waals surface area contributed by atoms with Crippen LogP contribution in [0, 0.1) is 0 Å². The van der Waals surface area contributed by atoms with Gasteiger partial charge in [-0.15, -0.1) is 5.54 Å². The van der Waals surface area contributed by atoms with Crippen molar-refractivity contribution in [1.29, 1.82) is 0 Å². The van der Waals surface area contributed by atoms with E-state index in [0.29, 0.717) is 5.54 Å². The number of hydrogen-bond acceptors (Lipinski definition) is 0. The Morgan fingerprint density at radius 2 is 1.00 bits per heavy atom. The van der Waals surface area contributed by atoms with Crippen LogP contribution >= 0.6 is 0 Å². The Hall–Kier alpha value is 0.293. The molecule has 0 N–H and O–H groups in total. The molecule has 0 aliphatic carbocycles. The van der Waals surface area contributed by atoms with E-state index >= 15 is 0 Å². The molecule has 2 heteroatoms. The Kier molecular flexibility index (Phi) is 6.04. The molecule has 70 valence electrons. The molecule has 2 aromatic rings. The van der Waals surface area contributed by atoms with Crippen molar-refractivity contribution in [1.82, 2.24) is 0 Å². The fraction of sp³-hybridized carbons (Fsp3) is 0.0769. The van der Waals surface area contributed by atoms with Crippen molar-refractivity contribution in [3.05, 3.63) is 71.8 Å². The van der Waals surface area contributed by atoms with Gasteiger partial charge in [0.2, 0.25) is 0 Å². The number of benzene rings is 2. The maximum Gasteiger partial charge on any atom is 1.00 e. The van der Waals surface area contributed by atoms with Gasteiger partial charge in [-0.1, -0.05) is 71.8 Å². The fourth-order valence-corrected chi connectivity index (χ4v) is 2.11. The van der Waals surface area contributed by atoms with E-state index in [0.717, 1.165) is 0 Å². The maximum atomic E-state index is 2.19. The minimum Gasteiger partial charge on any atom is -0.281 e. The van der Waals surface area contributed by atoms with Gasteiger partial charge in [-0.05, 0) is 0 Å². The molecule has 15 heavy (non-hydrogen) atoms. The summed E-state index contributed by atoms with van der Waals surface area (Å²) < 4.78 is 0. The van der Waals surface area contributed by atoms with Crippen molar-refractivity contribution in [3.8, 4) is 0 Å². The van der Waals surface area contributed by atoms with E-state index in [2.05, 4.69) is 60.7 Å². The molecule has 0 nitrogen and oxygen atoms in total.